The van der Waals surface area contributed by atoms with Crippen LogP contribution in [0, 0.1) is 0 Å². The number of ether oxygens (including phenoxy) is 4. The third kappa shape index (κ3) is 8.62. The molecule has 242 valence electrons. The Morgan fingerprint density at radius 2 is 1.44 bits per heavy atom. The summed E-state index contributed by atoms with van der Waals surface area (Å²) in [5.41, 5.74) is 2.76. The van der Waals surface area contributed by atoms with Gasteiger partial charge >= 0.3 is 0 Å². The fraction of sp³-hybridized carbons (Fsp3) is 0.486. The van der Waals surface area contributed by atoms with Crippen molar-refractivity contribution in [2.24, 2.45) is 0 Å². The second-order valence-electron chi connectivity index (χ2n) is 11.7. The van der Waals surface area contributed by atoms with E-state index in [1.165, 1.54) is 50.5 Å². The van der Waals surface area contributed by atoms with Crippen LogP contribution in [0.4, 0.5) is 5.69 Å². The fourth-order valence-corrected chi connectivity index (χ4v) is 7.42. The zero-order valence-corrected chi connectivity index (χ0v) is 27.7. The van der Waals surface area contributed by atoms with Crippen LogP contribution in [0.5, 0.6) is 23.0 Å². The predicted octanol–water partition coefficient (Wildman–Crippen LogP) is 6.95. The van der Waals surface area contributed by atoms with Crippen LogP contribution in [-0.4, -0.2) is 67.2 Å². The van der Waals surface area contributed by atoms with Crippen LogP contribution in [0.2, 0.25) is 0 Å². The molecular formula is C35H46N4O5S. The van der Waals surface area contributed by atoms with Crippen molar-refractivity contribution in [1.29, 1.82) is 0 Å². The van der Waals surface area contributed by atoms with Crippen LogP contribution in [0.25, 0.3) is 0 Å². The SMILES string of the molecule is COc1ccc(CN(Cc2ccc(OC)cc2OC)Sc2cc(NC(=O)[C@@H]3CCCN3C3CCCCCC3)ccn2)c(OC)c1. The Bertz CT molecular complexity index is 1360. The van der Waals surface area contributed by atoms with Crippen LogP contribution in [-0.2, 0) is 17.9 Å². The summed E-state index contributed by atoms with van der Waals surface area (Å²) in [6.45, 7) is 2.13. The first-order valence-electron chi connectivity index (χ1n) is 15.9. The molecule has 1 saturated heterocycles. The molecule has 2 aliphatic rings. The standard InChI is InChI=1S/C35H46N4O5S/c1-41-29-15-13-25(32(21-29)43-3)23-38(24-26-14-16-30(42-2)22-33(26)44-4)45-34-20-27(17-18-36-34)37-35(40)31-12-9-19-39(31)28-10-7-5-6-8-11-28/h13-18,20-22,28,31H,5-12,19,23-24H2,1-4H3,(H,36,37,40)/t31-/m0/s1. The van der Waals surface area contributed by atoms with Crippen molar-refractivity contribution < 1.29 is 23.7 Å². The van der Waals surface area contributed by atoms with Gasteiger partial charge in [0.2, 0.25) is 5.91 Å². The van der Waals surface area contributed by atoms with Crippen LogP contribution in [0.3, 0.4) is 0 Å². The number of nitrogens with one attached hydrogen (secondary N) is 1. The third-order valence-electron chi connectivity index (χ3n) is 8.80. The van der Waals surface area contributed by atoms with Crippen LogP contribution in [0.1, 0.15) is 62.5 Å². The van der Waals surface area contributed by atoms with Crippen molar-refractivity contribution in [3.05, 3.63) is 65.9 Å². The summed E-state index contributed by atoms with van der Waals surface area (Å²) < 4.78 is 24.5. The van der Waals surface area contributed by atoms with Crippen molar-refractivity contribution in [3.8, 4) is 23.0 Å². The number of hydrogen-bond acceptors (Lipinski definition) is 9. The van der Waals surface area contributed by atoms with Gasteiger partial charge in [0.15, 0.2) is 0 Å². The van der Waals surface area contributed by atoms with Gasteiger partial charge in [-0.3, -0.25) is 9.69 Å². The second-order valence-corrected chi connectivity index (χ2v) is 12.8. The van der Waals surface area contributed by atoms with Gasteiger partial charge in [0.25, 0.3) is 0 Å². The predicted molar refractivity (Wildman–Crippen MR) is 178 cm³/mol. The van der Waals surface area contributed by atoms with Gasteiger partial charge in [0, 0.05) is 54.3 Å². The Morgan fingerprint density at radius 1 is 0.822 bits per heavy atom. The molecule has 5 rings (SSSR count). The quantitative estimate of drug-likeness (QED) is 0.159. The lowest BCUT2D eigenvalue weighted by Gasteiger charge is -2.31. The number of nitrogens with zero attached hydrogens (tertiary/aromatic N) is 3. The molecule has 1 aromatic heterocycles. The second kappa shape index (κ2) is 16.2. The first kappa shape index (κ1) is 32.9. The Morgan fingerprint density at radius 3 is 2.02 bits per heavy atom. The van der Waals surface area contributed by atoms with Crippen molar-refractivity contribution in [1.82, 2.24) is 14.2 Å². The Hall–Kier alpha value is -3.47. The molecule has 9 nitrogen and oxygen atoms in total. The van der Waals surface area contributed by atoms with E-state index in [2.05, 4.69) is 19.5 Å². The highest BCUT2D eigenvalue weighted by atomic mass is 32.2. The Kier molecular flexibility index (Phi) is 11.8. The number of aromatic nitrogens is 1. The zero-order valence-electron chi connectivity index (χ0n) is 26.9. The number of hydrogen-bond donors (Lipinski definition) is 1. The van der Waals surface area contributed by atoms with Crippen molar-refractivity contribution in [2.75, 3.05) is 40.3 Å². The summed E-state index contributed by atoms with van der Waals surface area (Å²) >= 11 is 1.52. The van der Waals surface area contributed by atoms with Crippen molar-refractivity contribution in [3.63, 3.8) is 0 Å². The van der Waals surface area contributed by atoms with Gasteiger partial charge in [-0.25, -0.2) is 9.29 Å². The normalized spacial score (nSPS) is 17.6. The van der Waals surface area contributed by atoms with Gasteiger partial charge in [0.05, 0.1) is 34.5 Å². The fourth-order valence-electron chi connectivity index (χ4n) is 6.46. The minimum absolute atomic E-state index is 0.0704. The number of methoxy groups -OCH3 is 4. The monoisotopic (exact) mass is 634 g/mol. The first-order valence-corrected chi connectivity index (χ1v) is 16.7. The molecule has 1 atom stereocenters. The largest absolute Gasteiger partial charge is 0.497 e. The smallest absolute Gasteiger partial charge is 0.241 e. The highest BCUT2D eigenvalue weighted by molar-refractivity contribution is 7.96. The minimum Gasteiger partial charge on any atom is -0.497 e. The molecule has 0 bridgehead atoms. The van der Waals surface area contributed by atoms with E-state index in [1.807, 2.05) is 48.5 Å². The van der Waals surface area contributed by atoms with Crippen molar-refractivity contribution >= 4 is 23.5 Å². The molecule has 2 heterocycles. The number of likely N-dealkylation sites (tertiary alicyclic amines) is 1. The van der Waals surface area contributed by atoms with E-state index in [9.17, 15) is 4.79 Å². The van der Waals surface area contributed by atoms with E-state index >= 15 is 0 Å². The van der Waals surface area contributed by atoms with Crippen molar-refractivity contribution in [2.45, 2.75) is 81.6 Å². The molecule has 0 unspecified atom stereocenters. The molecule has 1 aliphatic heterocycles. The van der Waals surface area contributed by atoms with Gasteiger partial charge in [-0.1, -0.05) is 37.8 Å². The van der Waals surface area contributed by atoms with Gasteiger partial charge in [-0.05, 0) is 68.4 Å². The molecule has 1 amide bonds. The highest BCUT2D eigenvalue weighted by Gasteiger charge is 2.35. The maximum absolute atomic E-state index is 13.6. The summed E-state index contributed by atoms with van der Waals surface area (Å²) in [5.74, 6) is 3.03. The molecule has 2 fully saturated rings. The van der Waals surface area contributed by atoms with Crippen LogP contribution >= 0.6 is 11.9 Å². The number of anilines is 1. The first-order chi connectivity index (χ1) is 22.0. The summed E-state index contributed by atoms with van der Waals surface area (Å²) in [5, 5.41) is 4.00. The Balaban J connectivity index is 1.34. The number of carbonyl (C=O) groups excluding carboxylic acids is 1. The van der Waals surface area contributed by atoms with Crippen LogP contribution in [0.15, 0.2) is 59.8 Å². The molecule has 1 aliphatic carbocycles. The maximum atomic E-state index is 13.6. The van der Waals surface area contributed by atoms with E-state index in [4.69, 9.17) is 18.9 Å². The van der Waals surface area contributed by atoms with Gasteiger partial charge in [-0.15, -0.1) is 0 Å². The average Bonchev–Trinajstić information content (AvgIpc) is 3.40. The highest BCUT2D eigenvalue weighted by Crippen LogP contribution is 2.35. The molecule has 2 aromatic carbocycles. The molecule has 1 saturated carbocycles. The zero-order chi connectivity index (χ0) is 31.6. The average molecular weight is 635 g/mol. The molecular weight excluding hydrogens is 588 g/mol. The van der Waals surface area contributed by atoms with Gasteiger partial charge in [-0.2, -0.15) is 0 Å². The molecule has 3 aromatic rings. The minimum atomic E-state index is -0.0704. The van der Waals surface area contributed by atoms with E-state index < -0.39 is 0 Å². The molecule has 1 N–H and O–H groups in total. The summed E-state index contributed by atoms with van der Waals surface area (Å²) in [7, 11) is 6.62. The van der Waals surface area contributed by atoms with E-state index in [1.54, 1.807) is 34.6 Å². The Labute approximate surface area is 271 Å². The lowest BCUT2D eigenvalue weighted by molar-refractivity contribution is -0.121. The number of rotatable bonds is 13. The lowest BCUT2D eigenvalue weighted by atomic mass is 10.1. The van der Waals surface area contributed by atoms with Gasteiger partial charge < -0.3 is 24.3 Å². The summed E-state index contributed by atoms with van der Waals surface area (Å²) in [6.07, 6.45) is 11.3. The third-order valence-corrected chi connectivity index (χ3v) is 9.72. The number of pyridine rings is 1. The molecule has 45 heavy (non-hydrogen) atoms. The van der Waals surface area contributed by atoms with E-state index in [0.29, 0.717) is 19.1 Å². The van der Waals surface area contributed by atoms with Gasteiger partial charge in [0.1, 0.15) is 28.0 Å². The van der Waals surface area contributed by atoms with Crippen LogP contribution < -0.4 is 24.3 Å². The summed E-state index contributed by atoms with van der Waals surface area (Å²) in [4.78, 5) is 20.7. The number of carbonyl (C=O) groups is 1. The maximum Gasteiger partial charge on any atom is 0.241 e. The molecule has 0 radical (unpaired) electrons. The number of amides is 1. The summed E-state index contributed by atoms with van der Waals surface area (Å²) in [6, 6.07) is 16.0. The lowest BCUT2D eigenvalue weighted by Crippen LogP contribution is -2.45. The number of benzene rings is 2. The van der Waals surface area contributed by atoms with E-state index in [-0.39, 0.29) is 11.9 Å². The molecule has 10 heteroatoms. The topological polar surface area (TPSA) is 85.4 Å². The van der Waals surface area contributed by atoms with E-state index in [0.717, 1.165) is 64.2 Å². The molecule has 0 spiro atoms.